The second-order valence-corrected chi connectivity index (χ2v) is 2.15. The van der Waals surface area contributed by atoms with Crippen molar-refractivity contribution in [2.75, 3.05) is 7.11 Å². The number of hydrogen-bond acceptors (Lipinski definition) is 3. The highest BCUT2D eigenvalue weighted by Crippen LogP contribution is 2.08. The van der Waals surface area contributed by atoms with E-state index in [4.69, 9.17) is 0 Å². The number of carbonyl (C=O) groups excluding carboxylic acids is 2. The van der Waals surface area contributed by atoms with Gasteiger partial charge in [0.25, 0.3) is 0 Å². The van der Waals surface area contributed by atoms with Crippen molar-refractivity contribution in [2.45, 2.75) is 0 Å². The van der Waals surface area contributed by atoms with Crippen molar-refractivity contribution in [3.63, 3.8) is 0 Å². The van der Waals surface area contributed by atoms with Crippen LogP contribution in [0.3, 0.4) is 0 Å². The highest BCUT2D eigenvalue weighted by Gasteiger charge is 2.23. The molecule has 1 aliphatic carbocycles. The largest absolute Gasteiger partial charge is 0.468 e. The van der Waals surface area contributed by atoms with Gasteiger partial charge in [-0.15, -0.1) is 0 Å². The average molecular weight is 152 g/mol. The van der Waals surface area contributed by atoms with Crippen molar-refractivity contribution >= 4 is 11.8 Å². The second kappa shape index (κ2) is 3.14. The van der Waals surface area contributed by atoms with Gasteiger partial charge >= 0.3 is 5.97 Å². The van der Waals surface area contributed by atoms with E-state index in [0.717, 1.165) is 0 Å². The zero-order valence-electron chi connectivity index (χ0n) is 6.11. The zero-order valence-corrected chi connectivity index (χ0v) is 6.11. The van der Waals surface area contributed by atoms with Gasteiger partial charge in [-0.2, -0.15) is 0 Å². The average Bonchev–Trinajstić information content (AvgIpc) is 2.04. The van der Waals surface area contributed by atoms with Crippen LogP contribution in [0.1, 0.15) is 0 Å². The molecule has 0 N–H and O–H groups in total. The Morgan fingerprint density at radius 1 is 1.55 bits per heavy atom. The van der Waals surface area contributed by atoms with Gasteiger partial charge in [-0.25, -0.2) is 0 Å². The van der Waals surface area contributed by atoms with Gasteiger partial charge in [0.05, 0.1) is 7.11 Å². The number of methoxy groups -OCH3 is 1. The van der Waals surface area contributed by atoms with Crippen molar-refractivity contribution in [1.82, 2.24) is 0 Å². The van der Waals surface area contributed by atoms with Gasteiger partial charge in [0.2, 0.25) is 0 Å². The first-order chi connectivity index (χ1) is 5.25. The molecule has 0 aliphatic heterocycles. The summed E-state index contributed by atoms with van der Waals surface area (Å²) in [7, 11) is 1.27. The second-order valence-electron chi connectivity index (χ2n) is 2.15. The molecule has 1 atom stereocenters. The molecule has 0 amide bonds. The first kappa shape index (κ1) is 7.72. The van der Waals surface area contributed by atoms with E-state index in [2.05, 4.69) is 4.74 Å². The Balaban J connectivity index is 2.73. The predicted octanol–water partition coefficient (Wildman–Crippen LogP) is 0.471. The van der Waals surface area contributed by atoms with Gasteiger partial charge in [0.15, 0.2) is 5.78 Å². The lowest BCUT2D eigenvalue weighted by atomic mass is 10.00. The van der Waals surface area contributed by atoms with Crippen molar-refractivity contribution in [2.24, 2.45) is 5.92 Å². The molecule has 0 saturated heterocycles. The third-order valence-electron chi connectivity index (χ3n) is 1.44. The van der Waals surface area contributed by atoms with Crippen LogP contribution in [0.15, 0.2) is 24.3 Å². The predicted molar refractivity (Wildman–Crippen MR) is 38.8 cm³/mol. The number of esters is 1. The van der Waals surface area contributed by atoms with Crippen LogP contribution in [0, 0.1) is 5.92 Å². The van der Waals surface area contributed by atoms with E-state index in [1.165, 1.54) is 19.3 Å². The molecule has 0 radical (unpaired) electrons. The Morgan fingerprint density at radius 3 is 2.82 bits per heavy atom. The fourth-order valence-corrected chi connectivity index (χ4v) is 0.846. The van der Waals surface area contributed by atoms with E-state index in [1.54, 1.807) is 12.2 Å². The molecule has 0 heterocycles. The number of hydrogen-bond donors (Lipinski definition) is 0. The molecule has 0 fully saturated rings. The highest BCUT2D eigenvalue weighted by molar-refractivity contribution is 6.07. The number of allylic oxidation sites excluding steroid dienone is 3. The third-order valence-corrected chi connectivity index (χ3v) is 1.44. The standard InChI is InChI=1S/C8H8O3/c1-11-8(10)6-4-2-3-5-7(6)9/h2-6H,1H3. The molecule has 1 rings (SSSR count). The Hall–Kier alpha value is -1.38. The van der Waals surface area contributed by atoms with Gasteiger partial charge in [-0.3, -0.25) is 9.59 Å². The van der Waals surface area contributed by atoms with E-state index in [9.17, 15) is 9.59 Å². The topological polar surface area (TPSA) is 43.4 Å². The van der Waals surface area contributed by atoms with Gasteiger partial charge in [0.1, 0.15) is 5.92 Å². The molecule has 11 heavy (non-hydrogen) atoms. The Kier molecular flexibility index (Phi) is 2.21. The molecule has 0 spiro atoms. The fourth-order valence-electron chi connectivity index (χ4n) is 0.846. The summed E-state index contributed by atoms with van der Waals surface area (Å²) in [6.07, 6.45) is 6.14. The lowest BCUT2D eigenvalue weighted by Gasteiger charge is -2.07. The van der Waals surface area contributed by atoms with E-state index < -0.39 is 11.9 Å². The van der Waals surface area contributed by atoms with Crippen LogP contribution < -0.4 is 0 Å². The monoisotopic (exact) mass is 152 g/mol. The van der Waals surface area contributed by atoms with Crippen molar-refractivity contribution in [1.29, 1.82) is 0 Å². The Morgan fingerprint density at radius 2 is 2.27 bits per heavy atom. The van der Waals surface area contributed by atoms with E-state index in [1.807, 2.05) is 0 Å². The molecule has 0 bridgehead atoms. The number of ether oxygens (including phenoxy) is 1. The lowest BCUT2D eigenvalue weighted by molar-refractivity contribution is -0.146. The first-order valence-corrected chi connectivity index (χ1v) is 3.22. The number of carbonyl (C=O) groups is 2. The van der Waals surface area contributed by atoms with Crippen LogP contribution in [-0.2, 0) is 14.3 Å². The molecular weight excluding hydrogens is 144 g/mol. The molecule has 58 valence electrons. The van der Waals surface area contributed by atoms with E-state index in [-0.39, 0.29) is 5.78 Å². The van der Waals surface area contributed by atoms with Crippen molar-refractivity contribution in [3.8, 4) is 0 Å². The summed E-state index contributed by atoms with van der Waals surface area (Å²) in [6.45, 7) is 0. The summed E-state index contributed by atoms with van der Waals surface area (Å²) in [6, 6.07) is 0. The number of ketones is 1. The maximum atomic E-state index is 11.0. The van der Waals surface area contributed by atoms with Crippen LogP contribution in [0.2, 0.25) is 0 Å². The third kappa shape index (κ3) is 1.55. The molecule has 0 saturated carbocycles. The SMILES string of the molecule is COC(=O)C1C=CC=CC1=O. The Bertz CT molecular complexity index is 238. The highest BCUT2D eigenvalue weighted by atomic mass is 16.5. The van der Waals surface area contributed by atoms with Crippen LogP contribution in [0.5, 0.6) is 0 Å². The minimum absolute atomic E-state index is 0.223. The summed E-state index contributed by atoms with van der Waals surface area (Å²) < 4.78 is 4.42. The van der Waals surface area contributed by atoms with E-state index >= 15 is 0 Å². The minimum atomic E-state index is -0.731. The van der Waals surface area contributed by atoms with Crippen molar-refractivity contribution in [3.05, 3.63) is 24.3 Å². The maximum absolute atomic E-state index is 11.0. The molecule has 0 aromatic carbocycles. The lowest BCUT2D eigenvalue weighted by Crippen LogP contribution is -2.22. The van der Waals surface area contributed by atoms with Gasteiger partial charge in [-0.05, 0) is 6.08 Å². The summed E-state index contributed by atoms with van der Waals surface area (Å²) in [5, 5.41) is 0. The van der Waals surface area contributed by atoms with Crippen LogP contribution >= 0.6 is 0 Å². The molecule has 1 unspecified atom stereocenters. The van der Waals surface area contributed by atoms with Crippen LogP contribution in [-0.4, -0.2) is 18.9 Å². The van der Waals surface area contributed by atoms with Crippen LogP contribution in [0.25, 0.3) is 0 Å². The summed E-state index contributed by atoms with van der Waals surface area (Å²) in [4.78, 5) is 21.8. The normalized spacial score (nSPS) is 21.9. The zero-order chi connectivity index (χ0) is 8.27. The molecular formula is C8H8O3. The quantitative estimate of drug-likeness (QED) is 0.405. The fraction of sp³-hybridized carbons (Fsp3) is 0.250. The Labute approximate surface area is 64.3 Å². The summed E-state index contributed by atoms with van der Waals surface area (Å²) >= 11 is 0. The molecule has 0 aromatic heterocycles. The maximum Gasteiger partial charge on any atom is 0.320 e. The van der Waals surface area contributed by atoms with Gasteiger partial charge in [0, 0.05) is 0 Å². The van der Waals surface area contributed by atoms with Gasteiger partial charge in [-0.1, -0.05) is 18.2 Å². The molecule has 3 nitrogen and oxygen atoms in total. The summed E-state index contributed by atoms with van der Waals surface area (Å²) in [5.74, 6) is -1.46. The minimum Gasteiger partial charge on any atom is -0.468 e. The van der Waals surface area contributed by atoms with E-state index in [0.29, 0.717) is 0 Å². The molecule has 0 aromatic rings. The van der Waals surface area contributed by atoms with Crippen LogP contribution in [0.4, 0.5) is 0 Å². The molecule has 3 heteroatoms. The van der Waals surface area contributed by atoms with Crippen molar-refractivity contribution < 1.29 is 14.3 Å². The smallest absolute Gasteiger partial charge is 0.320 e. The van der Waals surface area contributed by atoms with Gasteiger partial charge < -0.3 is 4.74 Å². The summed E-state index contributed by atoms with van der Waals surface area (Å²) in [5.41, 5.74) is 0. The number of rotatable bonds is 1. The first-order valence-electron chi connectivity index (χ1n) is 3.22. The molecule has 1 aliphatic rings.